The molecule has 1 aliphatic rings. The maximum Gasteiger partial charge on any atom is 0.255 e. The van der Waals surface area contributed by atoms with Gasteiger partial charge in [0, 0.05) is 19.6 Å². The van der Waals surface area contributed by atoms with Gasteiger partial charge in [-0.15, -0.1) is 0 Å². The van der Waals surface area contributed by atoms with Crippen LogP contribution >= 0.6 is 0 Å². The third-order valence-corrected chi connectivity index (χ3v) is 3.61. The highest BCUT2D eigenvalue weighted by atomic mass is 16.3. The second kappa shape index (κ2) is 5.46. The average Bonchev–Trinajstić information content (AvgIpc) is 2.95. The number of carbonyl (C=O) groups excluding carboxylic acids is 1. The number of hydrogen-bond acceptors (Lipinski definition) is 4. The summed E-state index contributed by atoms with van der Waals surface area (Å²) in [5.74, 6) is -1.11. The van der Waals surface area contributed by atoms with Crippen LogP contribution in [0.3, 0.4) is 0 Å². The van der Waals surface area contributed by atoms with E-state index in [1.54, 1.807) is 0 Å². The number of amides is 1. The Morgan fingerprint density at radius 1 is 1.14 bits per heavy atom. The molecule has 21 heavy (non-hydrogen) atoms. The van der Waals surface area contributed by atoms with Crippen LogP contribution in [0.4, 0.5) is 0 Å². The van der Waals surface area contributed by atoms with Crippen LogP contribution in [0.5, 0.6) is 11.5 Å². The van der Waals surface area contributed by atoms with Crippen LogP contribution in [0.2, 0.25) is 0 Å². The molecular formula is C16H16N2O3. The maximum absolute atomic E-state index is 12.0. The summed E-state index contributed by atoms with van der Waals surface area (Å²) in [7, 11) is 0. The molecule has 0 unspecified atom stereocenters. The Morgan fingerprint density at radius 3 is 2.81 bits per heavy atom. The number of benzene rings is 2. The molecule has 0 fully saturated rings. The molecule has 0 radical (unpaired) electrons. The van der Waals surface area contributed by atoms with Gasteiger partial charge in [-0.05, 0) is 28.8 Å². The average molecular weight is 284 g/mol. The molecular weight excluding hydrogens is 268 g/mol. The maximum atomic E-state index is 12.0. The van der Waals surface area contributed by atoms with Gasteiger partial charge in [-0.3, -0.25) is 4.79 Å². The lowest BCUT2D eigenvalue weighted by atomic mass is 10.1. The molecule has 0 saturated heterocycles. The molecule has 4 N–H and O–H groups in total. The van der Waals surface area contributed by atoms with E-state index in [4.69, 9.17) is 0 Å². The second-order valence-corrected chi connectivity index (χ2v) is 5.06. The first-order chi connectivity index (χ1) is 10.1. The SMILES string of the molecule is O=C(NCc1ccc2c(c1)CNC2)c1cccc(O)c1O. The van der Waals surface area contributed by atoms with Gasteiger partial charge in [0.2, 0.25) is 0 Å². The van der Waals surface area contributed by atoms with Crippen molar-refractivity contribution in [3.63, 3.8) is 0 Å². The predicted octanol–water partition coefficient (Wildman–Crippen LogP) is 1.63. The zero-order valence-electron chi connectivity index (χ0n) is 11.4. The molecule has 0 aromatic heterocycles. The van der Waals surface area contributed by atoms with E-state index in [0.29, 0.717) is 6.54 Å². The lowest BCUT2D eigenvalue weighted by Crippen LogP contribution is -2.22. The van der Waals surface area contributed by atoms with Gasteiger partial charge in [-0.1, -0.05) is 24.3 Å². The van der Waals surface area contributed by atoms with E-state index in [9.17, 15) is 15.0 Å². The standard InChI is InChI=1S/C16H16N2O3/c19-14-3-1-2-13(15(14)20)16(21)18-7-10-4-5-11-8-17-9-12(11)6-10/h1-6,17,19-20H,7-9H2,(H,18,21). The molecule has 0 bridgehead atoms. The fourth-order valence-corrected chi connectivity index (χ4v) is 2.45. The first-order valence-electron chi connectivity index (χ1n) is 6.75. The van der Waals surface area contributed by atoms with Crippen molar-refractivity contribution < 1.29 is 15.0 Å². The largest absolute Gasteiger partial charge is 0.504 e. The minimum Gasteiger partial charge on any atom is -0.504 e. The highest BCUT2D eigenvalue weighted by Crippen LogP contribution is 2.28. The molecule has 1 heterocycles. The molecule has 5 nitrogen and oxygen atoms in total. The van der Waals surface area contributed by atoms with Gasteiger partial charge in [-0.25, -0.2) is 0 Å². The molecule has 2 aromatic rings. The third-order valence-electron chi connectivity index (χ3n) is 3.61. The molecule has 1 amide bonds. The van der Waals surface area contributed by atoms with Crippen LogP contribution in [-0.2, 0) is 19.6 Å². The Hall–Kier alpha value is -2.53. The minimum atomic E-state index is -0.415. The number of hydrogen-bond donors (Lipinski definition) is 4. The lowest BCUT2D eigenvalue weighted by molar-refractivity contribution is 0.0947. The normalized spacial score (nSPS) is 13.0. The Kier molecular flexibility index (Phi) is 3.50. The Balaban J connectivity index is 1.70. The van der Waals surface area contributed by atoms with Crippen molar-refractivity contribution in [2.24, 2.45) is 0 Å². The van der Waals surface area contributed by atoms with E-state index in [1.165, 1.54) is 29.3 Å². The topological polar surface area (TPSA) is 81.6 Å². The molecule has 2 aromatic carbocycles. The molecule has 1 aliphatic heterocycles. The minimum absolute atomic E-state index is 0.0674. The fourth-order valence-electron chi connectivity index (χ4n) is 2.45. The van der Waals surface area contributed by atoms with Gasteiger partial charge in [-0.2, -0.15) is 0 Å². The number of phenols is 2. The monoisotopic (exact) mass is 284 g/mol. The van der Waals surface area contributed by atoms with Crippen molar-refractivity contribution in [3.8, 4) is 11.5 Å². The predicted molar refractivity (Wildman–Crippen MR) is 77.9 cm³/mol. The summed E-state index contributed by atoms with van der Waals surface area (Å²) in [4.78, 5) is 12.0. The summed E-state index contributed by atoms with van der Waals surface area (Å²) in [6, 6.07) is 10.4. The molecule has 0 atom stereocenters. The van der Waals surface area contributed by atoms with Crippen LogP contribution in [0.15, 0.2) is 36.4 Å². The quantitative estimate of drug-likeness (QED) is 0.646. The van der Waals surface area contributed by atoms with Crippen molar-refractivity contribution in [1.29, 1.82) is 0 Å². The van der Waals surface area contributed by atoms with Gasteiger partial charge >= 0.3 is 0 Å². The van der Waals surface area contributed by atoms with Crippen molar-refractivity contribution in [3.05, 3.63) is 58.7 Å². The summed E-state index contributed by atoms with van der Waals surface area (Å²) in [5.41, 5.74) is 3.61. The van der Waals surface area contributed by atoms with Gasteiger partial charge in [0.25, 0.3) is 5.91 Å². The van der Waals surface area contributed by atoms with E-state index in [1.807, 2.05) is 6.07 Å². The third kappa shape index (κ3) is 2.68. The summed E-state index contributed by atoms with van der Waals surface area (Å²) in [6.07, 6.45) is 0. The highest BCUT2D eigenvalue weighted by Gasteiger charge is 2.14. The Morgan fingerprint density at radius 2 is 1.95 bits per heavy atom. The van der Waals surface area contributed by atoms with Crippen molar-refractivity contribution in [1.82, 2.24) is 10.6 Å². The number of fused-ring (bicyclic) bond motifs is 1. The fraction of sp³-hybridized carbons (Fsp3) is 0.188. The highest BCUT2D eigenvalue weighted by molar-refractivity contribution is 5.97. The van der Waals surface area contributed by atoms with Crippen LogP contribution in [0.25, 0.3) is 0 Å². The Labute approximate surface area is 122 Å². The molecule has 5 heteroatoms. The molecule has 0 spiro atoms. The van der Waals surface area contributed by atoms with E-state index in [0.717, 1.165) is 18.7 Å². The van der Waals surface area contributed by atoms with E-state index < -0.39 is 11.7 Å². The summed E-state index contributed by atoms with van der Waals surface area (Å²) in [6.45, 7) is 2.12. The number of para-hydroxylation sites is 1. The first kappa shape index (κ1) is 13.5. The smallest absolute Gasteiger partial charge is 0.255 e. The summed E-state index contributed by atoms with van der Waals surface area (Å²) >= 11 is 0. The molecule has 108 valence electrons. The first-order valence-corrected chi connectivity index (χ1v) is 6.75. The zero-order valence-corrected chi connectivity index (χ0v) is 11.4. The molecule has 0 aliphatic carbocycles. The number of phenolic OH excluding ortho intramolecular Hbond substituents is 2. The molecule has 3 rings (SSSR count). The van der Waals surface area contributed by atoms with Gasteiger partial charge < -0.3 is 20.8 Å². The number of nitrogens with one attached hydrogen (secondary N) is 2. The van der Waals surface area contributed by atoms with Gasteiger partial charge in [0.15, 0.2) is 11.5 Å². The van der Waals surface area contributed by atoms with Crippen molar-refractivity contribution >= 4 is 5.91 Å². The van der Waals surface area contributed by atoms with Crippen molar-refractivity contribution in [2.45, 2.75) is 19.6 Å². The van der Waals surface area contributed by atoms with Gasteiger partial charge in [0.1, 0.15) is 0 Å². The van der Waals surface area contributed by atoms with Crippen LogP contribution < -0.4 is 10.6 Å². The van der Waals surface area contributed by atoms with Crippen LogP contribution in [0.1, 0.15) is 27.0 Å². The van der Waals surface area contributed by atoms with Crippen LogP contribution in [0, 0.1) is 0 Å². The van der Waals surface area contributed by atoms with Crippen LogP contribution in [-0.4, -0.2) is 16.1 Å². The van der Waals surface area contributed by atoms with E-state index in [-0.39, 0.29) is 11.3 Å². The number of carbonyl (C=O) groups is 1. The number of rotatable bonds is 3. The Bertz CT molecular complexity index is 698. The lowest BCUT2D eigenvalue weighted by Gasteiger charge is -2.09. The number of aromatic hydroxyl groups is 2. The van der Waals surface area contributed by atoms with Gasteiger partial charge in [0.05, 0.1) is 5.56 Å². The second-order valence-electron chi connectivity index (χ2n) is 5.06. The zero-order chi connectivity index (χ0) is 14.8. The van der Waals surface area contributed by atoms with E-state index in [2.05, 4.69) is 22.8 Å². The molecule has 0 saturated carbocycles. The summed E-state index contributed by atoms with van der Waals surface area (Å²) in [5, 5.41) is 25.1. The summed E-state index contributed by atoms with van der Waals surface area (Å²) < 4.78 is 0. The van der Waals surface area contributed by atoms with E-state index >= 15 is 0 Å². The van der Waals surface area contributed by atoms with Crippen molar-refractivity contribution in [2.75, 3.05) is 0 Å².